The summed E-state index contributed by atoms with van der Waals surface area (Å²) in [5.41, 5.74) is 0.145. The minimum absolute atomic E-state index is 0.145. The fourth-order valence-electron chi connectivity index (χ4n) is 1.86. The molecule has 1 aromatic carbocycles. The number of halogens is 2. The van der Waals surface area contributed by atoms with E-state index in [-0.39, 0.29) is 17.5 Å². The van der Waals surface area contributed by atoms with Gasteiger partial charge in [0.2, 0.25) is 0 Å². The van der Waals surface area contributed by atoms with Crippen LogP contribution in [0.3, 0.4) is 0 Å². The van der Waals surface area contributed by atoms with Crippen LogP contribution in [0.1, 0.15) is 32.4 Å². The normalized spacial score (nSPS) is 15.2. The third-order valence-corrected chi connectivity index (χ3v) is 3.20. The molecule has 0 heterocycles. The highest BCUT2D eigenvalue weighted by Gasteiger charge is 2.25. The summed E-state index contributed by atoms with van der Waals surface area (Å²) in [7, 11) is 1.73. The Kier molecular flexibility index (Phi) is 4.42. The molecule has 0 aliphatic rings. The van der Waals surface area contributed by atoms with Crippen LogP contribution in [0, 0.1) is 23.5 Å². The van der Waals surface area contributed by atoms with Crippen molar-refractivity contribution in [2.45, 2.75) is 26.8 Å². The maximum atomic E-state index is 13.6. The van der Waals surface area contributed by atoms with E-state index in [0.717, 1.165) is 0 Å². The molecule has 0 aliphatic heterocycles. The van der Waals surface area contributed by atoms with Gasteiger partial charge in [0.25, 0.3) is 0 Å². The van der Waals surface area contributed by atoms with E-state index in [1.807, 2.05) is 20.8 Å². The summed E-state index contributed by atoms with van der Waals surface area (Å²) >= 11 is 0. The number of hydrogen-bond donors (Lipinski definition) is 1. The maximum Gasteiger partial charge on any atom is 0.130 e. The molecule has 0 aromatic heterocycles. The smallest absolute Gasteiger partial charge is 0.130 e. The second-order valence-electron chi connectivity index (χ2n) is 4.50. The SMILES string of the molecule is CNC(c1c(F)cccc1F)C(C)C(C)C. The van der Waals surface area contributed by atoms with Crippen LogP contribution in [0.15, 0.2) is 18.2 Å². The molecule has 1 N–H and O–H groups in total. The van der Waals surface area contributed by atoms with Crippen molar-refractivity contribution in [1.29, 1.82) is 0 Å². The Labute approximate surface area is 95.9 Å². The first-order chi connectivity index (χ1) is 7.49. The molecule has 0 amide bonds. The molecule has 16 heavy (non-hydrogen) atoms. The summed E-state index contributed by atoms with van der Waals surface area (Å²) in [4.78, 5) is 0. The monoisotopic (exact) mass is 227 g/mol. The van der Waals surface area contributed by atoms with Gasteiger partial charge in [0.05, 0.1) is 0 Å². The number of nitrogens with one attached hydrogen (secondary N) is 1. The molecule has 0 saturated heterocycles. The Bertz CT molecular complexity index is 330. The van der Waals surface area contributed by atoms with E-state index in [9.17, 15) is 8.78 Å². The van der Waals surface area contributed by atoms with Crippen LogP contribution in [-0.2, 0) is 0 Å². The molecule has 2 atom stereocenters. The van der Waals surface area contributed by atoms with E-state index in [2.05, 4.69) is 5.32 Å². The quantitative estimate of drug-likeness (QED) is 0.830. The first-order valence-corrected chi connectivity index (χ1v) is 5.60. The van der Waals surface area contributed by atoms with Crippen LogP contribution in [0.4, 0.5) is 8.78 Å². The zero-order chi connectivity index (χ0) is 12.3. The Hall–Kier alpha value is -0.960. The topological polar surface area (TPSA) is 12.0 Å². The minimum Gasteiger partial charge on any atom is -0.313 e. The molecule has 0 radical (unpaired) electrons. The second-order valence-corrected chi connectivity index (χ2v) is 4.50. The molecule has 0 spiro atoms. The number of hydrogen-bond acceptors (Lipinski definition) is 1. The van der Waals surface area contributed by atoms with Crippen LogP contribution in [-0.4, -0.2) is 7.05 Å². The van der Waals surface area contributed by atoms with Crippen molar-refractivity contribution >= 4 is 0 Å². The molecular weight excluding hydrogens is 208 g/mol. The molecule has 0 fully saturated rings. The van der Waals surface area contributed by atoms with Gasteiger partial charge >= 0.3 is 0 Å². The molecule has 3 heteroatoms. The fourth-order valence-corrected chi connectivity index (χ4v) is 1.86. The van der Waals surface area contributed by atoms with Crippen molar-refractivity contribution in [1.82, 2.24) is 5.32 Å². The van der Waals surface area contributed by atoms with Crippen molar-refractivity contribution < 1.29 is 8.78 Å². The molecule has 1 rings (SSSR count). The van der Waals surface area contributed by atoms with Gasteiger partial charge in [-0.3, -0.25) is 0 Å². The van der Waals surface area contributed by atoms with Gasteiger partial charge < -0.3 is 5.32 Å². The van der Waals surface area contributed by atoms with E-state index in [4.69, 9.17) is 0 Å². The predicted octanol–water partition coefficient (Wildman–Crippen LogP) is 3.52. The molecule has 90 valence electrons. The third-order valence-electron chi connectivity index (χ3n) is 3.20. The van der Waals surface area contributed by atoms with Gasteiger partial charge in [-0.25, -0.2) is 8.78 Å². The molecule has 1 aromatic rings. The van der Waals surface area contributed by atoms with Crippen LogP contribution in [0.5, 0.6) is 0 Å². The first kappa shape index (κ1) is 13.1. The Morgan fingerprint density at radius 3 is 1.94 bits per heavy atom. The van der Waals surface area contributed by atoms with Crippen molar-refractivity contribution in [2.24, 2.45) is 11.8 Å². The minimum atomic E-state index is -0.480. The van der Waals surface area contributed by atoms with Gasteiger partial charge in [0.15, 0.2) is 0 Å². The van der Waals surface area contributed by atoms with Crippen molar-refractivity contribution in [2.75, 3.05) is 7.05 Å². The largest absolute Gasteiger partial charge is 0.313 e. The van der Waals surface area contributed by atoms with E-state index in [1.54, 1.807) is 7.05 Å². The van der Waals surface area contributed by atoms with Gasteiger partial charge in [0.1, 0.15) is 11.6 Å². The van der Waals surface area contributed by atoms with Gasteiger partial charge in [-0.1, -0.05) is 26.8 Å². The van der Waals surface area contributed by atoms with Crippen LogP contribution in [0.25, 0.3) is 0 Å². The summed E-state index contributed by atoms with van der Waals surface area (Å²) in [6.45, 7) is 6.10. The average Bonchev–Trinajstić information content (AvgIpc) is 2.22. The molecule has 1 nitrogen and oxygen atoms in total. The Balaban J connectivity index is 3.13. The lowest BCUT2D eigenvalue weighted by molar-refractivity contribution is 0.302. The van der Waals surface area contributed by atoms with Crippen molar-refractivity contribution in [3.8, 4) is 0 Å². The molecule has 2 unspecified atom stereocenters. The Morgan fingerprint density at radius 1 is 1.06 bits per heavy atom. The van der Waals surface area contributed by atoms with Crippen LogP contribution >= 0.6 is 0 Å². The summed E-state index contributed by atoms with van der Waals surface area (Å²) in [6, 6.07) is 3.70. The highest BCUT2D eigenvalue weighted by molar-refractivity contribution is 5.24. The van der Waals surface area contributed by atoms with Crippen molar-refractivity contribution in [3.63, 3.8) is 0 Å². The molecule has 0 bridgehead atoms. The summed E-state index contributed by atoms with van der Waals surface area (Å²) < 4.78 is 27.3. The Morgan fingerprint density at radius 2 is 1.56 bits per heavy atom. The van der Waals surface area contributed by atoms with Gasteiger partial charge in [-0.15, -0.1) is 0 Å². The lowest BCUT2D eigenvalue weighted by Crippen LogP contribution is -2.28. The van der Waals surface area contributed by atoms with Gasteiger partial charge in [0, 0.05) is 11.6 Å². The number of benzene rings is 1. The predicted molar refractivity (Wildman–Crippen MR) is 62.2 cm³/mol. The van der Waals surface area contributed by atoms with E-state index in [0.29, 0.717) is 5.92 Å². The summed E-state index contributed by atoms with van der Waals surface area (Å²) in [5, 5.41) is 3.00. The highest BCUT2D eigenvalue weighted by atomic mass is 19.1. The average molecular weight is 227 g/mol. The first-order valence-electron chi connectivity index (χ1n) is 5.60. The van der Waals surface area contributed by atoms with Gasteiger partial charge in [-0.2, -0.15) is 0 Å². The molecule has 0 saturated carbocycles. The zero-order valence-corrected chi connectivity index (χ0v) is 10.2. The van der Waals surface area contributed by atoms with Crippen LogP contribution < -0.4 is 5.32 Å². The van der Waals surface area contributed by atoms with E-state index in [1.165, 1.54) is 18.2 Å². The lowest BCUT2D eigenvalue weighted by Gasteiger charge is -2.27. The zero-order valence-electron chi connectivity index (χ0n) is 10.2. The molecular formula is C13H19F2N. The highest BCUT2D eigenvalue weighted by Crippen LogP contribution is 2.30. The molecule has 0 aliphatic carbocycles. The lowest BCUT2D eigenvalue weighted by atomic mass is 9.85. The maximum absolute atomic E-state index is 13.6. The third kappa shape index (κ3) is 2.59. The van der Waals surface area contributed by atoms with Gasteiger partial charge in [-0.05, 0) is 31.0 Å². The van der Waals surface area contributed by atoms with Crippen LogP contribution in [0.2, 0.25) is 0 Å². The fraction of sp³-hybridized carbons (Fsp3) is 0.538. The standard InChI is InChI=1S/C13H19F2N/c1-8(2)9(3)13(16-4)12-10(14)6-5-7-11(12)15/h5-9,13,16H,1-4H3. The van der Waals surface area contributed by atoms with E-state index >= 15 is 0 Å². The summed E-state index contributed by atoms with van der Waals surface area (Å²) in [6.07, 6.45) is 0. The van der Waals surface area contributed by atoms with E-state index < -0.39 is 11.6 Å². The number of rotatable bonds is 4. The van der Waals surface area contributed by atoms with Crippen molar-refractivity contribution in [3.05, 3.63) is 35.4 Å². The second kappa shape index (κ2) is 5.39. The summed E-state index contributed by atoms with van der Waals surface area (Å²) in [5.74, 6) is -0.438.